The average molecular weight is 153 g/mol. The van der Waals surface area contributed by atoms with Crippen LogP contribution in [-0.4, -0.2) is 10.7 Å². The maximum absolute atomic E-state index is 9.76. The molecule has 1 aliphatic carbocycles. The molecule has 0 bridgehead atoms. The van der Waals surface area contributed by atoms with Crippen molar-refractivity contribution in [1.82, 2.24) is 0 Å². The number of nitrogens with zero attached hydrogens (tertiary/aromatic N) is 1. The normalized spacial score (nSPS) is 44.9. The fourth-order valence-corrected chi connectivity index (χ4v) is 1.76. The van der Waals surface area contributed by atoms with Crippen LogP contribution in [0.25, 0.3) is 0 Å². The van der Waals surface area contributed by atoms with Crippen molar-refractivity contribution >= 4 is 0 Å². The SMILES string of the molecule is CC1CCC(C)C(O)(C#N)C1. The van der Waals surface area contributed by atoms with Gasteiger partial charge in [0.2, 0.25) is 0 Å². The van der Waals surface area contributed by atoms with Crippen LogP contribution in [0.3, 0.4) is 0 Å². The Hall–Kier alpha value is -0.550. The van der Waals surface area contributed by atoms with Crippen LogP contribution in [0.15, 0.2) is 0 Å². The van der Waals surface area contributed by atoms with Crippen LogP contribution in [0, 0.1) is 23.2 Å². The maximum atomic E-state index is 9.76. The second-order valence-electron chi connectivity index (χ2n) is 3.82. The molecule has 1 N–H and O–H groups in total. The molecule has 1 aliphatic rings. The highest BCUT2D eigenvalue weighted by molar-refractivity contribution is 5.06. The van der Waals surface area contributed by atoms with Crippen molar-refractivity contribution in [3.8, 4) is 6.07 Å². The van der Waals surface area contributed by atoms with Crippen LogP contribution in [-0.2, 0) is 0 Å². The topological polar surface area (TPSA) is 44.0 Å². The van der Waals surface area contributed by atoms with Crippen LogP contribution in [0.5, 0.6) is 0 Å². The second kappa shape index (κ2) is 2.83. The van der Waals surface area contributed by atoms with Gasteiger partial charge in [-0.15, -0.1) is 0 Å². The summed E-state index contributed by atoms with van der Waals surface area (Å²) in [5.41, 5.74) is -1.04. The Morgan fingerprint density at radius 2 is 2.09 bits per heavy atom. The molecule has 0 aliphatic heterocycles. The van der Waals surface area contributed by atoms with E-state index in [0.29, 0.717) is 12.3 Å². The van der Waals surface area contributed by atoms with Crippen molar-refractivity contribution in [3.63, 3.8) is 0 Å². The highest BCUT2D eigenvalue weighted by atomic mass is 16.3. The molecular formula is C9H15NO. The maximum Gasteiger partial charge on any atom is 0.153 e. The first kappa shape index (κ1) is 8.55. The quantitative estimate of drug-likeness (QED) is 0.538. The number of rotatable bonds is 0. The van der Waals surface area contributed by atoms with Gasteiger partial charge in [0.15, 0.2) is 5.60 Å². The lowest BCUT2D eigenvalue weighted by atomic mass is 9.73. The summed E-state index contributed by atoms with van der Waals surface area (Å²) < 4.78 is 0. The molecule has 3 unspecified atom stereocenters. The molecule has 0 spiro atoms. The van der Waals surface area contributed by atoms with Crippen LogP contribution in [0.1, 0.15) is 33.1 Å². The fourth-order valence-electron chi connectivity index (χ4n) is 1.76. The minimum absolute atomic E-state index is 0.142. The summed E-state index contributed by atoms with van der Waals surface area (Å²) in [6.07, 6.45) is 2.76. The van der Waals surface area contributed by atoms with E-state index in [2.05, 4.69) is 6.92 Å². The molecule has 62 valence electrons. The zero-order valence-corrected chi connectivity index (χ0v) is 7.17. The molecule has 1 saturated carbocycles. The Labute approximate surface area is 67.8 Å². The molecule has 0 aromatic rings. The molecule has 3 atom stereocenters. The Kier molecular flexibility index (Phi) is 2.20. The van der Waals surface area contributed by atoms with E-state index >= 15 is 0 Å². The molecule has 0 aromatic heterocycles. The van der Waals surface area contributed by atoms with E-state index < -0.39 is 5.60 Å². The first-order chi connectivity index (χ1) is 5.08. The summed E-state index contributed by atoms with van der Waals surface area (Å²) in [4.78, 5) is 0. The van der Waals surface area contributed by atoms with E-state index in [0.717, 1.165) is 12.8 Å². The summed E-state index contributed by atoms with van der Waals surface area (Å²) in [7, 11) is 0. The van der Waals surface area contributed by atoms with E-state index in [1.165, 1.54) is 0 Å². The van der Waals surface area contributed by atoms with Gasteiger partial charge in [0.05, 0.1) is 6.07 Å². The highest BCUT2D eigenvalue weighted by Crippen LogP contribution is 2.36. The van der Waals surface area contributed by atoms with Gasteiger partial charge in [0.25, 0.3) is 0 Å². The van der Waals surface area contributed by atoms with Crippen LogP contribution >= 0.6 is 0 Å². The number of nitriles is 1. The summed E-state index contributed by atoms with van der Waals surface area (Å²) in [6, 6.07) is 2.02. The van der Waals surface area contributed by atoms with Crippen molar-refractivity contribution in [2.45, 2.75) is 38.7 Å². The molecule has 0 heterocycles. The molecule has 0 saturated heterocycles. The van der Waals surface area contributed by atoms with Crippen molar-refractivity contribution in [1.29, 1.82) is 5.26 Å². The van der Waals surface area contributed by atoms with Crippen LogP contribution < -0.4 is 0 Å². The molecule has 2 heteroatoms. The van der Waals surface area contributed by atoms with Crippen LogP contribution in [0.4, 0.5) is 0 Å². The first-order valence-corrected chi connectivity index (χ1v) is 4.22. The second-order valence-corrected chi connectivity index (χ2v) is 3.82. The molecule has 1 fully saturated rings. The molecule has 1 rings (SSSR count). The van der Waals surface area contributed by atoms with E-state index in [9.17, 15) is 5.11 Å². The summed E-state index contributed by atoms with van der Waals surface area (Å²) in [5, 5.41) is 18.5. The zero-order chi connectivity index (χ0) is 8.48. The van der Waals surface area contributed by atoms with E-state index in [1.54, 1.807) is 0 Å². The molecule has 11 heavy (non-hydrogen) atoms. The minimum Gasteiger partial charge on any atom is -0.375 e. The van der Waals surface area contributed by atoms with E-state index in [1.807, 2.05) is 13.0 Å². The minimum atomic E-state index is -1.04. The Morgan fingerprint density at radius 3 is 2.55 bits per heavy atom. The number of aliphatic hydroxyl groups is 1. The lowest BCUT2D eigenvalue weighted by Gasteiger charge is -2.35. The zero-order valence-electron chi connectivity index (χ0n) is 7.17. The van der Waals surface area contributed by atoms with Gasteiger partial charge >= 0.3 is 0 Å². The molecule has 0 aromatic carbocycles. The smallest absolute Gasteiger partial charge is 0.153 e. The van der Waals surface area contributed by atoms with Crippen molar-refractivity contribution < 1.29 is 5.11 Å². The van der Waals surface area contributed by atoms with Gasteiger partial charge in [-0.25, -0.2) is 0 Å². The Bertz CT molecular complexity index is 184. The van der Waals surface area contributed by atoms with Crippen molar-refractivity contribution in [2.75, 3.05) is 0 Å². The first-order valence-electron chi connectivity index (χ1n) is 4.22. The Morgan fingerprint density at radius 1 is 1.45 bits per heavy atom. The largest absolute Gasteiger partial charge is 0.375 e. The standard InChI is InChI=1S/C9H15NO/c1-7-3-4-8(2)9(11,5-7)6-10/h7-8,11H,3-5H2,1-2H3. The molecule has 0 amide bonds. The lowest BCUT2D eigenvalue weighted by molar-refractivity contribution is -0.00741. The molecule has 0 radical (unpaired) electrons. The average Bonchev–Trinajstić information content (AvgIpc) is 1.98. The third-order valence-corrected chi connectivity index (χ3v) is 2.76. The monoisotopic (exact) mass is 153 g/mol. The van der Waals surface area contributed by atoms with Gasteiger partial charge in [-0.05, 0) is 24.7 Å². The Balaban J connectivity index is 2.70. The number of hydrogen-bond donors (Lipinski definition) is 1. The predicted octanol–water partition coefficient (Wildman–Crippen LogP) is 1.70. The fraction of sp³-hybridized carbons (Fsp3) is 0.889. The van der Waals surface area contributed by atoms with Gasteiger partial charge in [0, 0.05) is 0 Å². The summed E-state index contributed by atoms with van der Waals surface area (Å²) in [6.45, 7) is 4.04. The molecular weight excluding hydrogens is 138 g/mol. The van der Waals surface area contributed by atoms with Gasteiger partial charge in [-0.2, -0.15) is 5.26 Å². The van der Waals surface area contributed by atoms with Gasteiger partial charge < -0.3 is 5.11 Å². The van der Waals surface area contributed by atoms with Gasteiger partial charge in [0.1, 0.15) is 0 Å². The summed E-state index contributed by atoms with van der Waals surface area (Å²) >= 11 is 0. The third kappa shape index (κ3) is 1.54. The van der Waals surface area contributed by atoms with Crippen molar-refractivity contribution in [3.05, 3.63) is 0 Å². The molecule has 2 nitrogen and oxygen atoms in total. The van der Waals surface area contributed by atoms with Crippen molar-refractivity contribution in [2.24, 2.45) is 11.8 Å². The lowest BCUT2D eigenvalue weighted by Crippen LogP contribution is -2.40. The predicted molar refractivity (Wildman–Crippen MR) is 42.7 cm³/mol. The third-order valence-electron chi connectivity index (χ3n) is 2.76. The highest BCUT2D eigenvalue weighted by Gasteiger charge is 2.38. The van der Waals surface area contributed by atoms with Gasteiger partial charge in [-0.1, -0.05) is 20.3 Å². The van der Waals surface area contributed by atoms with Gasteiger partial charge in [-0.3, -0.25) is 0 Å². The van der Waals surface area contributed by atoms with Crippen LogP contribution in [0.2, 0.25) is 0 Å². The van der Waals surface area contributed by atoms with E-state index in [4.69, 9.17) is 5.26 Å². The number of hydrogen-bond acceptors (Lipinski definition) is 2. The summed E-state index contributed by atoms with van der Waals surface area (Å²) in [5.74, 6) is 0.638. The van der Waals surface area contributed by atoms with E-state index in [-0.39, 0.29) is 5.92 Å².